The standard InChI is InChI=1S/C19H22ClN3O/c20-16-7-5-15(6-8-16)9-10-22-11-13-23(14-12-22)19(24)17-3-1-2-4-18(17)21/h1-8H,9-14,21H2. The minimum atomic E-state index is 0.0328. The summed E-state index contributed by atoms with van der Waals surface area (Å²) in [6.07, 6.45) is 0.997. The zero-order valence-corrected chi connectivity index (χ0v) is 14.4. The second kappa shape index (κ2) is 7.69. The number of nitrogen functional groups attached to an aromatic ring is 1. The summed E-state index contributed by atoms with van der Waals surface area (Å²) in [4.78, 5) is 16.8. The van der Waals surface area contributed by atoms with Gasteiger partial charge in [-0.3, -0.25) is 9.69 Å². The number of nitrogens with zero attached hydrogens (tertiary/aromatic N) is 2. The number of anilines is 1. The van der Waals surface area contributed by atoms with E-state index in [9.17, 15) is 4.79 Å². The van der Waals surface area contributed by atoms with E-state index in [1.54, 1.807) is 12.1 Å². The number of piperazine rings is 1. The number of halogens is 1. The second-order valence-electron chi connectivity index (χ2n) is 6.10. The summed E-state index contributed by atoms with van der Waals surface area (Å²) in [5, 5.41) is 0.770. The third-order valence-corrected chi connectivity index (χ3v) is 4.73. The highest BCUT2D eigenvalue weighted by Gasteiger charge is 2.22. The molecule has 1 heterocycles. The summed E-state index contributed by atoms with van der Waals surface area (Å²) in [7, 11) is 0. The monoisotopic (exact) mass is 343 g/mol. The first kappa shape index (κ1) is 16.8. The van der Waals surface area contributed by atoms with Gasteiger partial charge in [0.15, 0.2) is 0 Å². The second-order valence-corrected chi connectivity index (χ2v) is 6.53. The molecule has 0 radical (unpaired) electrons. The minimum absolute atomic E-state index is 0.0328. The molecule has 0 saturated carbocycles. The topological polar surface area (TPSA) is 49.6 Å². The van der Waals surface area contributed by atoms with Crippen LogP contribution in [0.3, 0.4) is 0 Å². The highest BCUT2D eigenvalue weighted by atomic mass is 35.5. The Bertz CT molecular complexity index is 694. The molecule has 3 rings (SSSR count). The van der Waals surface area contributed by atoms with Gasteiger partial charge in [0.25, 0.3) is 5.91 Å². The average molecular weight is 344 g/mol. The molecule has 1 aliphatic rings. The molecular weight excluding hydrogens is 322 g/mol. The molecule has 0 unspecified atom stereocenters. The van der Waals surface area contributed by atoms with Crippen LogP contribution >= 0.6 is 11.6 Å². The van der Waals surface area contributed by atoms with Gasteiger partial charge in [0.2, 0.25) is 0 Å². The van der Waals surface area contributed by atoms with Crippen molar-refractivity contribution in [1.82, 2.24) is 9.80 Å². The van der Waals surface area contributed by atoms with Crippen molar-refractivity contribution in [2.45, 2.75) is 6.42 Å². The van der Waals surface area contributed by atoms with Gasteiger partial charge in [-0.2, -0.15) is 0 Å². The zero-order chi connectivity index (χ0) is 16.9. The van der Waals surface area contributed by atoms with Gasteiger partial charge in [0.1, 0.15) is 0 Å². The van der Waals surface area contributed by atoms with E-state index in [0.717, 1.165) is 44.2 Å². The summed E-state index contributed by atoms with van der Waals surface area (Å²) in [6.45, 7) is 4.27. The van der Waals surface area contributed by atoms with Crippen LogP contribution in [0.15, 0.2) is 48.5 Å². The predicted octanol–water partition coefficient (Wildman–Crippen LogP) is 2.92. The number of hydrogen-bond donors (Lipinski definition) is 1. The fourth-order valence-electron chi connectivity index (χ4n) is 2.97. The quantitative estimate of drug-likeness (QED) is 0.868. The third-order valence-electron chi connectivity index (χ3n) is 4.48. The van der Waals surface area contributed by atoms with E-state index in [4.69, 9.17) is 17.3 Å². The number of benzene rings is 2. The molecule has 4 nitrogen and oxygen atoms in total. The number of para-hydroxylation sites is 1. The van der Waals surface area contributed by atoms with Crippen LogP contribution < -0.4 is 5.73 Å². The van der Waals surface area contributed by atoms with Gasteiger partial charge in [-0.15, -0.1) is 0 Å². The molecule has 1 amide bonds. The normalized spacial score (nSPS) is 15.5. The first-order chi connectivity index (χ1) is 11.6. The lowest BCUT2D eigenvalue weighted by molar-refractivity contribution is 0.0639. The van der Waals surface area contributed by atoms with Gasteiger partial charge in [0.05, 0.1) is 5.56 Å². The first-order valence-corrected chi connectivity index (χ1v) is 8.62. The van der Waals surface area contributed by atoms with Crippen molar-refractivity contribution >= 4 is 23.2 Å². The van der Waals surface area contributed by atoms with Crippen molar-refractivity contribution in [1.29, 1.82) is 0 Å². The number of nitrogens with two attached hydrogens (primary N) is 1. The van der Waals surface area contributed by atoms with Crippen LogP contribution in [0, 0.1) is 0 Å². The molecule has 1 fully saturated rings. The molecule has 2 N–H and O–H groups in total. The van der Waals surface area contributed by atoms with Crippen molar-refractivity contribution in [3.63, 3.8) is 0 Å². The zero-order valence-electron chi connectivity index (χ0n) is 13.6. The van der Waals surface area contributed by atoms with Crippen molar-refractivity contribution in [3.05, 3.63) is 64.7 Å². The Balaban J connectivity index is 1.49. The summed E-state index contributed by atoms with van der Waals surface area (Å²) >= 11 is 5.91. The molecule has 1 saturated heterocycles. The Kier molecular flexibility index (Phi) is 5.38. The van der Waals surface area contributed by atoms with Gasteiger partial charge < -0.3 is 10.6 Å². The highest BCUT2D eigenvalue weighted by molar-refractivity contribution is 6.30. The molecule has 0 aromatic heterocycles. The maximum absolute atomic E-state index is 12.6. The summed E-state index contributed by atoms with van der Waals surface area (Å²) in [5.74, 6) is 0.0328. The lowest BCUT2D eigenvalue weighted by Gasteiger charge is -2.35. The van der Waals surface area contributed by atoms with E-state index >= 15 is 0 Å². The molecule has 0 aliphatic carbocycles. The van der Waals surface area contributed by atoms with E-state index < -0.39 is 0 Å². The SMILES string of the molecule is Nc1ccccc1C(=O)N1CCN(CCc2ccc(Cl)cc2)CC1. The van der Waals surface area contributed by atoms with Crippen LogP contribution in [0.2, 0.25) is 5.02 Å². The van der Waals surface area contributed by atoms with Crippen molar-refractivity contribution in [3.8, 4) is 0 Å². The molecule has 1 aliphatic heterocycles. The predicted molar refractivity (Wildman–Crippen MR) is 98.4 cm³/mol. The van der Waals surface area contributed by atoms with Gasteiger partial charge in [0, 0.05) is 43.4 Å². The number of rotatable bonds is 4. The Morgan fingerprint density at radius 2 is 1.67 bits per heavy atom. The van der Waals surface area contributed by atoms with Gasteiger partial charge >= 0.3 is 0 Å². The molecule has 126 valence electrons. The lowest BCUT2D eigenvalue weighted by Crippen LogP contribution is -2.49. The highest BCUT2D eigenvalue weighted by Crippen LogP contribution is 2.15. The smallest absolute Gasteiger partial charge is 0.256 e. The minimum Gasteiger partial charge on any atom is -0.398 e. The first-order valence-electron chi connectivity index (χ1n) is 8.24. The summed E-state index contributed by atoms with van der Waals surface area (Å²) in [5.41, 5.74) is 8.35. The lowest BCUT2D eigenvalue weighted by atomic mass is 10.1. The van der Waals surface area contributed by atoms with Gasteiger partial charge in [-0.1, -0.05) is 35.9 Å². The number of hydrogen-bond acceptors (Lipinski definition) is 3. The van der Waals surface area contributed by atoms with Gasteiger partial charge in [-0.05, 0) is 36.2 Å². The maximum atomic E-state index is 12.6. The van der Waals surface area contributed by atoms with E-state index in [0.29, 0.717) is 11.3 Å². The Morgan fingerprint density at radius 1 is 1.00 bits per heavy atom. The number of carbonyl (C=O) groups is 1. The molecule has 0 atom stereocenters. The Morgan fingerprint density at radius 3 is 2.33 bits per heavy atom. The van der Waals surface area contributed by atoms with E-state index in [1.807, 2.05) is 29.2 Å². The van der Waals surface area contributed by atoms with Crippen molar-refractivity contribution in [2.75, 3.05) is 38.5 Å². The maximum Gasteiger partial charge on any atom is 0.256 e. The molecule has 5 heteroatoms. The Hall–Kier alpha value is -2.04. The van der Waals surface area contributed by atoms with Gasteiger partial charge in [-0.25, -0.2) is 0 Å². The largest absolute Gasteiger partial charge is 0.398 e. The third kappa shape index (κ3) is 4.08. The van der Waals surface area contributed by atoms with Crippen LogP contribution in [0.4, 0.5) is 5.69 Å². The fraction of sp³-hybridized carbons (Fsp3) is 0.316. The Labute approximate surface area is 147 Å². The average Bonchev–Trinajstić information content (AvgIpc) is 2.61. The molecule has 0 bridgehead atoms. The van der Waals surface area contributed by atoms with E-state index in [1.165, 1.54) is 5.56 Å². The number of amides is 1. The van der Waals surface area contributed by atoms with Crippen molar-refractivity contribution in [2.24, 2.45) is 0 Å². The molecule has 24 heavy (non-hydrogen) atoms. The van der Waals surface area contributed by atoms with Crippen LogP contribution in [-0.2, 0) is 6.42 Å². The van der Waals surface area contributed by atoms with Crippen LogP contribution in [-0.4, -0.2) is 48.4 Å². The van der Waals surface area contributed by atoms with Crippen LogP contribution in [0.25, 0.3) is 0 Å². The van der Waals surface area contributed by atoms with Crippen LogP contribution in [0.1, 0.15) is 15.9 Å². The number of carbonyl (C=O) groups excluding carboxylic acids is 1. The van der Waals surface area contributed by atoms with E-state index in [2.05, 4.69) is 17.0 Å². The van der Waals surface area contributed by atoms with E-state index in [-0.39, 0.29) is 5.91 Å². The summed E-state index contributed by atoms with van der Waals surface area (Å²) < 4.78 is 0. The van der Waals surface area contributed by atoms with Crippen LogP contribution in [0.5, 0.6) is 0 Å². The molecule has 0 spiro atoms. The molecule has 2 aromatic carbocycles. The summed E-state index contributed by atoms with van der Waals surface area (Å²) in [6, 6.07) is 15.3. The fourth-order valence-corrected chi connectivity index (χ4v) is 3.10. The molecule has 2 aromatic rings. The molecular formula is C19H22ClN3O. The van der Waals surface area contributed by atoms with Crippen molar-refractivity contribution < 1.29 is 4.79 Å².